The van der Waals surface area contributed by atoms with E-state index in [0.29, 0.717) is 18.3 Å². The summed E-state index contributed by atoms with van der Waals surface area (Å²) in [4.78, 5) is 7.39. The Bertz CT molecular complexity index is 383. The Morgan fingerprint density at radius 1 is 1.36 bits per heavy atom. The molecule has 0 aliphatic rings. The second-order valence-corrected chi connectivity index (χ2v) is 2.41. The van der Waals surface area contributed by atoms with E-state index in [2.05, 4.69) is 35.9 Å². The van der Waals surface area contributed by atoms with Crippen molar-refractivity contribution >= 4 is 5.95 Å². The van der Waals surface area contributed by atoms with Crippen molar-refractivity contribution in [3.05, 3.63) is 24.0 Å². The van der Waals surface area contributed by atoms with E-state index >= 15 is 0 Å². The van der Waals surface area contributed by atoms with Crippen molar-refractivity contribution in [2.24, 2.45) is 0 Å². The summed E-state index contributed by atoms with van der Waals surface area (Å²) < 4.78 is 12.4. The number of H-pyrrole nitrogens is 1. The fourth-order valence-corrected chi connectivity index (χ4v) is 0.819. The molecule has 0 aromatic carbocycles. The number of anilines is 1. The van der Waals surface area contributed by atoms with Gasteiger partial charge < -0.3 is 5.32 Å². The largest absolute Gasteiger partial charge is 0.347 e. The number of nitrogens with zero attached hydrogens (tertiary/aromatic N) is 5. The van der Waals surface area contributed by atoms with Crippen LogP contribution in [0.4, 0.5) is 10.3 Å². The van der Waals surface area contributed by atoms with Gasteiger partial charge in [-0.25, -0.2) is 14.4 Å². The second kappa shape index (κ2) is 3.73. The maximum atomic E-state index is 12.4. The molecule has 0 unspecified atom stereocenters. The molecule has 2 N–H and O–H groups in total. The second-order valence-electron chi connectivity index (χ2n) is 2.41. The van der Waals surface area contributed by atoms with Gasteiger partial charge in [0.05, 0.1) is 18.9 Å². The Morgan fingerprint density at radius 3 is 2.79 bits per heavy atom. The molecule has 0 aliphatic carbocycles. The summed E-state index contributed by atoms with van der Waals surface area (Å²) in [6.45, 7) is 0.335. The van der Waals surface area contributed by atoms with Crippen LogP contribution < -0.4 is 5.32 Å². The highest BCUT2D eigenvalue weighted by atomic mass is 19.1. The van der Waals surface area contributed by atoms with Crippen molar-refractivity contribution in [1.29, 1.82) is 0 Å². The molecule has 72 valence electrons. The monoisotopic (exact) mass is 195 g/mol. The Hall–Kier alpha value is -2.12. The molecule has 8 heteroatoms. The van der Waals surface area contributed by atoms with Crippen LogP contribution in [0, 0.1) is 5.82 Å². The summed E-state index contributed by atoms with van der Waals surface area (Å²) in [5.41, 5.74) is 0. The fourth-order valence-electron chi connectivity index (χ4n) is 0.819. The van der Waals surface area contributed by atoms with Crippen LogP contribution >= 0.6 is 0 Å². The van der Waals surface area contributed by atoms with Crippen LogP contribution in [0.2, 0.25) is 0 Å². The maximum Gasteiger partial charge on any atom is 0.223 e. The molecule has 0 aliphatic heterocycles. The van der Waals surface area contributed by atoms with Gasteiger partial charge >= 0.3 is 0 Å². The summed E-state index contributed by atoms with van der Waals surface area (Å²) in [6, 6.07) is 0. The number of halogens is 1. The van der Waals surface area contributed by atoms with Crippen molar-refractivity contribution in [2.75, 3.05) is 5.32 Å². The Morgan fingerprint density at radius 2 is 2.14 bits per heavy atom. The van der Waals surface area contributed by atoms with E-state index in [0.717, 1.165) is 12.4 Å². The van der Waals surface area contributed by atoms with E-state index in [1.165, 1.54) is 0 Å². The molecule has 7 nitrogen and oxygen atoms in total. The average molecular weight is 195 g/mol. The molecule has 2 aromatic heterocycles. The minimum absolute atomic E-state index is 0.316. The molecule has 14 heavy (non-hydrogen) atoms. The standard InChI is InChI=1S/C6H6FN7/c7-4-1-8-6(9-2-4)10-3-5-11-13-14-12-5/h1-2H,3H2,(H,8,9,10)(H,11,12,13,14). The Kier molecular flexibility index (Phi) is 2.26. The van der Waals surface area contributed by atoms with Crippen LogP contribution in [0.5, 0.6) is 0 Å². The van der Waals surface area contributed by atoms with Gasteiger partial charge in [-0.3, -0.25) is 0 Å². The zero-order valence-electron chi connectivity index (χ0n) is 6.98. The highest BCUT2D eigenvalue weighted by Crippen LogP contribution is 1.99. The van der Waals surface area contributed by atoms with Gasteiger partial charge in [-0.1, -0.05) is 5.21 Å². The number of aromatic nitrogens is 6. The van der Waals surface area contributed by atoms with Crippen molar-refractivity contribution in [3.63, 3.8) is 0 Å². The fraction of sp³-hybridized carbons (Fsp3) is 0.167. The molecule has 0 amide bonds. The molecule has 0 fully saturated rings. The third-order valence-electron chi connectivity index (χ3n) is 1.41. The van der Waals surface area contributed by atoms with E-state index in [-0.39, 0.29) is 0 Å². The minimum atomic E-state index is -0.477. The van der Waals surface area contributed by atoms with Crippen LogP contribution in [0.25, 0.3) is 0 Å². The third kappa shape index (κ3) is 1.97. The summed E-state index contributed by atoms with van der Waals surface area (Å²) >= 11 is 0. The number of hydrogen-bond donors (Lipinski definition) is 2. The first-order valence-corrected chi connectivity index (χ1v) is 3.78. The molecule has 2 rings (SSSR count). The van der Waals surface area contributed by atoms with Gasteiger partial charge in [-0.15, -0.1) is 10.2 Å². The lowest BCUT2D eigenvalue weighted by atomic mass is 10.6. The molecule has 2 aromatic rings. The topological polar surface area (TPSA) is 92.3 Å². The molecular formula is C6H6FN7. The predicted molar refractivity (Wildman–Crippen MR) is 43.5 cm³/mol. The predicted octanol–water partition coefficient (Wildman–Crippen LogP) is -0.259. The van der Waals surface area contributed by atoms with Crippen LogP contribution in [0.15, 0.2) is 12.4 Å². The van der Waals surface area contributed by atoms with Crippen molar-refractivity contribution in [2.45, 2.75) is 6.54 Å². The Labute approximate surface area is 77.8 Å². The van der Waals surface area contributed by atoms with Crippen LogP contribution in [-0.2, 0) is 6.54 Å². The lowest BCUT2D eigenvalue weighted by molar-refractivity contribution is 0.614. The van der Waals surface area contributed by atoms with Crippen LogP contribution in [0.1, 0.15) is 5.82 Å². The Balaban J connectivity index is 1.95. The van der Waals surface area contributed by atoms with Gasteiger partial charge in [0.15, 0.2) is 11.6 Å². The maximum absolute atomic E-state index is 12.4. The highest BCUT2D eigenvalue weighted by Gasteiger charge is 1.99. The molecule has 0 bridgehead atoms. The molecular weight excluding hydrogens is 189 g/mol. The number of nitrogens with one attached hydrogen (secondary N) is 2. The minimum Gasteiger partial charge on any atom is -0.347 e. The number of aromatic amines is 1. The molecule has 2 heterocycles. The van der Waals surface area contributed by atoms with E-state index in [1.54, 1.807) is 0 Å². The van der Waals surface area contributed by atoms with Crippen molar-refractivity contribution in [3.8, 4) is 0 Å². The molecule has 0 radical (unpaired) electrons. The van der Waals surface area contributed by atoms with Gasteiger partial charge in [0.25, 0.3) is 0 Å². The third-order valence-corrected chi connectivity index (χ3v) is 1.41. The molecule has 0 spiro atoms. The molecule has 0 saturated carbocycles. The zero-order valence-corrected chi connectivity index (χ0v) is 6.98. The van der Waals surface area contributed by atoms with Crippen molar-refractivity contribution < 1.29 is 4.39 Å². The zero-order chi connectivity index (χ0) is 9.80. The van der Waals surface area contributed by atoms with Gasteiger partial charge in [0, 0.05) is 0 Å². The first-order chi connectivity index (χ1) is 6.84. The van der Waals surface area contributed by atoms with Gasteiger partial charge in [0.1, 0.15) is 0 Å². The lowest BCUT2D eigenvalue weighted by Crippen LogP contribution is -2.04. The van der Waals surface area contributed by atoms with Crippen molar-refractivity contribution in [1.82, 2.24) is 30.6 Å². The molecule has 0 atom stereocenters. The first-order valence-electron chi connectivity index (χ1n) is 3.78. The average Bonchev–Trinajstić information content (AvgIpc) is 2.70. The van der Waals surface area contributed by atoms with Gasteiger partial charge in [-0.05, 0) is 0 Å². The van der Waals surface area contributed by atoms with E-state index in [9.17, 15) is 4.39 Å². The van der Waals surface area contributed by atoms with Crippen LogP contribution in [-0.4, -0.2) is 30.6 Å². The first kappa shape index (κ1) is 8.48. The quantitative estimate of drug-likeness (QED) is 0.701. The highest BCUT2D eigenvalue weighted by molar-refractivity contribution is 5.22. The summed E-state index contributed by atoms with van der Waals surface area (Å²) in [5, 5.41) is 15.9. The normalized spacial score (nSPS) is 10.1. The summed E-state index contributed by atoms with van der Waals surface area (Å²) in [6.07, 6.45) is 2.15. The van der Waals surface area contributed by atoms with Gasteiger partial charge in [-0.2, -0.15) is 5.21 Å². The smallest absolute Gasteiger partial charge is 0.223 e. The van der Waals surface area contributed by atoms with Crippen LogP contribution in [0.3, 0.4) is 0 Å². The van der Waals surface area contributed by atoms with E-state index in [1.807, 2.05) is 0 Å². The molecule has 0 saturated heterocycles. The van der Waals surface area contributed by atoms with E-state index < -0.39 is 5.82 Å². The van der Waals surface area contributed by atoms with Gasteiger partial charge in [0.2, 0.25) is 5.95 Å². The lowest BCUT2D eigenvalue weighted by Gasteiger charge is -1.99. The SMILES string of the molecule is Fc1cnc(NCc2nn[nH]n2)nc1. The number of tetrazole rings is 1. The number of hydrogen-bond acceptors (Lipinski definition) is 6. The number of rotatable bonds is 3. The summed E-state index contributed by atoms with van der Waals surface area (Å²) in [5.74, 6) is 0.323. The summed E-state index contributed by atoms with van der Waals surface area (Å²) in [7, 11) is 0. The van der Waals surface area contributed by atoms with E-state index in [4.69, 9.17) is 0 Å².